The average molecular weight is 373 g/mol. The summed E-state index contributed by atoms with van der Waals surface area (Å²) in [4.78, 5) is 12.3. The molecule has 2 aromatic rings. The van der Waals surface area contributed by atoms with E-state index in [2.05, 4.69) is 5.73 Å². The van der Waals surface area contributed by atoms with E-state index in [1.807, 2.05) is 12.1 Å². The Bertz CT molecular complexity index is 864. The second-order valence-corrected chi connectivity index (χ2v) is 5.88. The molecule has 27 heavy (non-hydrogen) atoms. The SMILES string of the molecule is CN.COc1cc2c(c(OC)c1OC)-c1ccc(OC)c(=O)cc1CCC2. The maximum absolute atomic E-state index is 12.3. The average Bonchev–Trinajstić information content (AvgIpc) is 2.96. The molecular formula is C21H27NO5. The molecule has 3 rings (SSSR count). The van der Waals surface area contributed by atoms with E-state index in [4.69, 9.17) is 18.9 Å². The number of benzene rings is 1. The summed E-state index contributed by atoms with van der Waals surface area (Å²) in [6.45, 7) is 0. The van der Waals surface area contributed by atoms with Crippen molar-refractivity contribution in [2.45, 2.75) is 19.3 Å². The molecule has 0 amide bonds. The van der Waals surface area contributed by atoms with Crippen LogP contribution in [0.2, 0.25) is 0 Å². The summed E-state index contributed by atoms with van der Waals surface area (Å²) < 4.78 is 21.9. The zero-order chi connectivity index (χ0) is 20.0. The Kier molecular flexibility index (Phi) is 7.07. The van der Waals surface area contributed by atoms with Crippen LogP contribution in [-0.2, 0) is 12.8 Å². The van der Waals surface area contributed by atoms with Crippen LogP contribution < -0.4 is 30.1 Å². The number of rotatable bonds is 4. The van der Waals surface area contributed by atoms with Crippen molar-refractivity contribution in [2.24, 2.45) is 5.73 Å². The first-order chi connectivity index (χ1) is 13.1. The van der Waals surface area contributed by atoms with Gasteiger partial charge in [0.15, 0.2) is 17.2 Å². The van der Waals surface area contributed by atoms with Crippen molar-refractivity contribution in [1.29, 1.82) is 0 Å². The standard InChI is InChI=1S/C20H22O5.CH5N/c1-22-16-9-8-14-12(10-15(16)21)6-5-7-13-11-17(23-2)19(24-3)20(25-4)18(13)14;1-2/h8-11H,5-7H2,1-4H3;2H2,1H3. The van der Waals surface area contributed by atoms with E-state index in [9.17, 15) is 4.79 Å². The number of ether oxygens (including phenoxy) is 4. The topological polar surface area (TPSA) is 80.0 Å². The second kappa shape index (κ2) is 9.28. The number of methoxy groups -OCH3 is 4. The fourth-order valence-corrected chi connectivity index (χ4v) is 3.44. The van der Waals surface area contributed by atoms with E-state index in [1.54, 1.807) is 33.5 Å². The van der Waals surface area contributed by atoms with Gasteiger partial charge in [0.25, 0.3) is 0 Å². The van der Waals surface area contributed by atoms with Crippen molar-refractivity contribution in [3.8, 4) is 34.1 Å². The van der Waals surface area contributed by atoms with Crippen LogP contribution in [0.1, 0.15) is 17.5 Å². The van der Waals surface area contributed by atoms with Gasteiger partial charge < -0.3 is 24.7 Å². The third-order valence-electron chi connectivity index (χ3n) is 4.59. The summed E-state index contributed by atoms with van der Waals surface area (Å²) in [6, 6.07) is 7.30. The third kappa shape index (κ3) is 3.85. The zero-order valence-electron chi connectivity index (χ0n) is 16.5. The van der Waals surface area contributed by atoms with Gasteiger partial charge in [0.05, 0.1) is 28.4 Å². The largest absolute Gasteiger partial charge is 0.493 e. The van der Waals surface area contributed by atoms with Crippen molar-refractivity contribution in [3.05, 3.63) is 45.6 Å². The molecule has 0 saturated carbocycles. The van der Waals surface area contributed by atoms with Gasteiger partial charge in [0, 0.05) is 5.56 Å². The minimum absolute atomic E-state index is 0.119. The Morgan fingerprint density at radius 1 is 0.778 bits per heavy atom. The summed E-state index contributed by atoms with van der Waals surface area (Å²) in [6.07, 6.45) is 2.62. The molecule has 0 atom stereocenters. The summed E-state index contributed by atoms with van der Waals surface area (Å²) in [5, 5.41) is 0. The molecule has 0 bridgehead atoms. The first-order valence-electron chi connectivity index (χ1n) is 8.75. The van der Waals surface area contributed by atoms with Crippen molar-refractivity contribution >= 4 is 0 Å². The summed E-state index contributed by atoms with van der Waals surface area (Å²) >= 11 is 0. The highest BCUT2D eigenvalue weighted by atomic mass is 16.5. The summed E-state index contributed by atoms with van der Waals surface area (Å²) in [5.41, 5.74) is 8.39. The van der Waals surface area contributed by atoms with E-state index >= 15 is 0 Å². The molecule has 2 N–H and O–H groups in total. The molecule has 2 aromatic carbocycles. The lowest BCUT2D eigenvalue weighted by Gasteiger charge is -2.19. The Balaban J connectivity index is 0.00000126. The van der Waals surface area contributed by atoms with Crippen molar-refractivity contribution in [2.75, 3.05) is 35.5 Å². The quantitative estimate of drug-likeness (QED) is 0.888. The number of hydrogen-bond acceptors (Lipinski definition) is 6. The fourth-order valence-electron chi connectivity index (χ4n) is 3.44. The molecule has 0 spiro atoms. The highest BCUT2D eigenvalue weighted by Crippen LogP contribution is 2.48. The molecule has 0 radical (unpaired) electrons. The van der Waals surface area contributed by atoms with E-state index < -0.39 is 0 Å². The van der Waals surface area contributed by atoms with Crippen LogP contribution in [0.15, 0.2) is 29.1 Å². The van der Waals surface area contributed by atoms with Crippen LogP contribution in [0.4, 0.5) is 0 Å². The van der Waals surface area contributed by atoms with E-state index in [0.29, 0.717) is 23.0 Å². The molecule has 1 aliphatic carbocycles. The van der Waals surface area contributed by atoms with Gasteiger partial charge in [-0.2, -0.15) is 0 Å². The van der Waals surface area contributed by atoms with Gasteiger partial charge in [0.2, 0.25) is 11.2 Å². The van der Waals surface area contributed by atoms with Gasteiger partial charge in [-0.05, 0) is 61.2 Å². The highest BCUT2D eigenvalue weighted by Gasteiger charge is 2.25. The first-order valence-corrected chi connectivity index (χ1v) is 8.75. The molecular weight excluding hydrogens is 346 g/mol. The van der Waals surface area contributed by atoms with Gasteiger partial charge in [-0.1, -0.05) is 6.07 Å². The minimum atomic E-state index is -0.119. The smallest absolute Gasteiger partial charge is 0.220 e. The molecule has 6 nitrogen and oxygen atoms in total. The van der Waals surface area contributed by atoms with E-state index in [0.717, 1.165) is 41.5 Å². The van der Waals surface area contributed by atoms with Gasteiger partial charge >= 0.3 is 0 Å². The van der Waals surface area contributed by atoms with Gasteiger partial charge in [0.1, 0.15) is 0 Å². The molecule has 0 fully saturated rings. The number of aryl methyl sites for hydroxylation is 2. The van der Waals surface area contributed by atoms with Gasteiger partial charge in [-0.15, -0.1) is 0 Å². The predicted octanol–water partition coefficient (Wildman–Crippen LogP) is 2.81. The molecule has 146 valence electrons. The first kappa shape index (κ1) is 20.6. The lowest BCUT2D eigenvalue weighted by Crippen LogP contribution is -2.01. The number of hydrogen-bond donors (Lipinski definition) is 1. The Labute approximate surface area is 159 Å². The normalized spacial score (nSPS) is 11.8. The molecule has 0 aromatic heterocycles. The lowest BCUT2D eigenvalue weighted by molar-refractivity contribution is 0.324. The second-order valence-electron chi connectivity index (χ2n) is 5.88. The number of nitrogens with two attached hydrogens (primary N) is 1. The van der Waals surface area contributed by atoms with Crippen molar-refractivity contribution < 1.29 is 18.9 Å². The van der Waals surface area contributed by atoms with Crippen LogP contribution in [0.5, 0.6) is 23.0 Å². The monoisotopic (exact) mass is 373 g/mol. The molecule has 0 saturated heterocycles. The van der Waals surface area contributed by atoms with Gasteiger partial charge in [-0.3, -0.25) is 4.79 Å². The molecule has 0 unspecified atom stereocenters. The lowest BCUT2D eigenvalue weighted by atomic mass is 9.96. The minimum Gasteiger partial charge on any atom is -0.493 e. The Morgan fingerprint density at radius 3 is 2.00 bits per heavy atom. The summed E-state index contributed by atoms with van der Waals surface area (Å²) in [7, 11) is 7.83. The molecule has 6 heteroatoms. The maximum atomic E-state index is 12.3. The van der Waals surface area contributed by atoms with Crippen molar-refractivity contribution in [3.63, 3.8) is 0 Å². The van der Waals surface area contributed by atoms with Crippen LogP contribution in [-0.4, -0.2) is 35.5 Å². The Morgan fingerprint density at radius 2 is 1.41 bits per heavy atom. The van der Waals surface area contributed by atoms with Crippen molar-refractivity contribution in [1.82, 2.24) is 0 Å². The fraction of sp³-hybridized carbons (Fsp3) is 0.381. The van der Waals surface area contributed by atoms with Crippen LogP contribution in [0.25, 0.3) is 11.1 Å². The maximum Gasteiger partial charge on any atom is 0.220 e. The molecule has 1 aliphatic rings. The zero-order valence-corrected chi connectivity index (χ0v) is 16.5. The van der Waals surface area contributed by atoms with Crippen LogP contribution in [0.3, 0.4) is 0 Å². The number of fused-ring (bicyclic) bond motifs is 3. The summed E-state index contributed by atoms with van der Waals surface area (Å²) in [5.74, 6) is 2.15. The van der Waals surface area contributed by atoms with Crippen LogP contribution in [0, 0.1) is 0 Å². The van der Waals surface area contributed by atoms with Gasteiger partial charge in [-0.25, -0.2) is 0 Å². The van der Waals surface area contributed by atoms with Crippen LogP contribution >= 0.6 is 0 Å². The Hall–Kier alpha value is -2.73. The molecule has 0 aliphatic heterocycles. The predicted molar refractivity (Wildman–Crippen MR) is 106 cm³/mol. The van der Waals surface area contributed by atoms with E-state index in [1.165, 1.54) is 14.2 Å². The van der Waals surface area contributed by atoms with E-state index in [-0.39, 0.29) is 5.43 Å². The molecule has 0 heterocycles. The highest BCUT2D eigenvalue weighted by molar-refractivity contribution is 5.82. The third-order valence-corrected chi connectivity index (χ3v) is 4.59.